The largest absolute Gasteiger partial charge is 0.343 e. The molecule has 0 aromatic heterocycles. The molecular formula is C8H13N3O. The number of rotatable bonds is 2. The van der Waals surface area contributed by atoms with Crippen molar-refractivity contribution in [3.8, 4) is 6.07 Å². The normalized spacial score (nSPS) is 23.5. The Bertz CT molecular complexity index is 209. The zero-order chi connectivity index (χ0) is 8.97. The minimum Gasteiger partial charge on any atom is -0.343 e. The van der Waals surface area contributed by atoms with Gasteiger partial charge in [0.1, 0.15) is 0 Å². The van der Waals surface area contributed by atoms with Gasteiger partial charge in [0.25, 0.3) is 0 Å². The van der Waals surface area contributed by atoms with E-state index in [1.165, 1.54) is 6.07 Å². The van der Waals surface area contributed by atoms with E-state index in [9.17, 15) is 4.79 Å². The fourth-order valence-electron chi connectivity index (χ4n) is 1.47. The van der Waals surface area contributed by atoms with Crippen LogP contribution in [0.25, 0.3) is 0 Å². The molecule has 0 aliphatic carbocycles. The number of hydrogen-bond donors (Lipinski definition) is 1. The van der Waals surface area contributed by atoms with Crippen LogP contribution < -0.4 is 5.32 Å². The molecule has 0 bridgehead atoms. The summed E-state index contributed by atoms with van der Waals surface area (Å²) in [5.74, 6) is -0.00291. The summed E-state index contributed by atoms with van der Waals surface area (Å²) in [6, 6.07) is 1.54. The summed E-state index contributed by atoms with van der Waals surface area (Å²) in [6.07, 6.45) is 1.11. The van der Waals surface area contributed by atoms with E-state index in [0.29, 0.717) is 12.5 Å². The second-order valence-corrected chi connectivity index (χ2v) is 3.24. The fraction of sp³-hybridized carbons (Fsp3) is 0.750. The van der Waals surface area contributed by atoms with Crippen molar-refractivity contribution in [2.75, 3.05) is 26.7 Å². The van der Waals surface area contributed by atoms with Crippen LogP contribution in [0.3, 0.4) is 0 Å². The van der Waals surface area contributed by atoms with Crippen LogP contribution in [-0.4, -0.2) is 37.5 Å². The van der Waals surface area contributed by atoms with Gasteiger partial charge in [0.05, 0.1) is 0 Å². The van der Waals surface area contributed by atoms with E-state index in [0.717, 1.165) is 19.5 Å². The first-order valence-electron chi connectivity index (χ1n) is 4.09. The number of carbonyl (C=O) groups is 1. The molecular weight excluding hydrogens is 154 g/mol. The SMILES string of the molecule is CN1CCC(CNC(=O)C#N)C1. The third kappa shape index (κ3) is 2.51. The van der Waals surface area contributed by atoms with Crippen molar-refractivity contribution in [1.82, 2.24) is 10.2 Å². The minimum absolute atomic E-state index is 0.521. The highest BCUT2D eigenvalue weighted by atomic mass is 16.1. The summed E-state index contributed by atoms with van der Waals surface area (Å²) >= 11 is 0. The van der Waals surface area contributed by atoms with Gasteiger partial charge in [-0.2, -0.15) is 5.26 Å². The van der Waals surface area contributed by atoms with Crippen LogP contribution in [0, 0.1) is 17.2 Å². The first kappa shape index (κ1) is 9.01. The van der Waals surface area contributed by atoms with E-state index in [1.54, 1.807) is 0 Å². The lowest BCUT2D eigenvalue weighted by Crippen LogP contribution is -2.29. The van der Waals surface area contributed by atoms with Crippen LogP contribution >= 0.6 is 0 Å². The van der Waals surface area contributed by atoms with Gasteiger partial charge in [0.2, 0.25) is 0 Å². The molecule has 1 amide bonds. The number of nitrogens with zero attached hydrogens (tertiary/aromatic N) is 2. The molecule has 1 unspecified atom stereocenters. The smallest absolute Gasteiger partial charge is 0.322 e. The predicted octanol–water partition coefficient (Wildman–Crippen LogP) is -0.422. The van der Waals surface area contributed by atoms with E-state index in [4.69, 9.17) is 5.26 Å². The molecule has 0 spiro atoms. The molecule has 66 valence electrons. The van der Waals surface area contributed by atoms with Gasteiger partial charge >= 0.3 is 5.91 Å². The second-order valence-electron chi connectivity index (χ2n) is 3.24. The van der Waals surface area contributed by atoms with Gasteiger partial charge in [-0.15, -0.1) is 0 Å². The highest BCUT2D eigenvalue weighted by Gasteiger charge is 2.19. The van der Waals surface area contributed by atoms with Crippen molar-refractivity contribution < 1.29 is 4.79 Å². The Hall–Kier alpha value is -1.08. The number of hydrogen-bond acceptors (Lipinski definition) is 3. The summed E-state index contributed by atoms with van der Waals surface area (Å²) < 4.78 is 0. The third-order valence-corrected chi connectivity index (χ3v) is 2.14. The minimum atomic E-state index is -0.524. The number of likely N-dealkylation sites (tertiary alicyclic amines) is 1. The maximum absolute atomic E-state index is 10.6. The molecule has 4 nitrogen and oxygen atoms in total. The standard InChI is InChI=1S/C8H13N3O/c1-11-3-2-7(6-11)5-10-8(12)4-9/h7H,2-3,5-6H2,1H3,(H,10,12). The highest BCUT2D eigenvalue weighted by molar-refractivity contribution is 5.91. The number of carbonyl (C=O) groups excluding carboxylic acids is 1. The van der Waals surface area contributed by atoms with Crippen molar-refractivity contribution in [2.24, 2.45) is 5.92 Å². The first-order valence-corrected chi connectivity index (χ1v) is 4.09. The number of nitrogens with one attached hydrogen (secondary N) is 1. The van der Waals surface area contributed by atoms with E-state index >= 15 is 0 Å². The number of amides is 1. The first-order chi connectivity index (χ1) is 5.72. The molecule has 1 fully saturated rings. The van der Waals surface area contributed by atoms with Gasteiger partial charge < -0.3 is 10.2 Å². The average molecular weight is 167 g/mol. The molecule has 0 aromatic carbocycles. The molecule has 1 saturated heterocycles. The lowest BCUT2D eigenvalue weighted by Gasteiger charge is -2.09. The van der Waals surface area contributed by atoms with Crippen LogP contribution in [0.4, 0.5) is 0 Å². The number of nitriles is 1. The molecule has 0 radical (unpaired) electrons. The average Bonchev–Trinajstić information content (AvgIpc) is 2.47. The van der Waals surface area contributed by atoms with Crippen LogP contribution in [-0.2, 0) is 4.79 Å². The molecule has 0 saturated carbocycles. The molecule has 1 heterocycles. The van der Waals surface area contributed by atoms with Gasteiger partial charge in [-0.3, -0.25) is 4.79 Å². The molecule has 1 N–H and O–H groups in total. The Labute approximate surface area is 72.2 Å². The predicted molar refractivity (Wildman–Crippen MR) is 44.2 cm³/mol. The van der Waals surface area contributed by atoms with Crippen molar-refractivity contribution in [3.63, 3.8) is 0 Å². The maximum atomic E-state index is 10.6. The van der Waals surface area contributed by atoms with Gasteiger partial charge in [0.15, 0.2) is 6.07 Å². The van der Waals surface area contributed by atoms with Gasteiger partial charge in [0, 0.05) is 13.1 Å². The monoisotopic (exact) mass is 167 g/mol. The lowest BCUT2D eigenvalue weighted by molar-refractivity contribution is -0.116. The zero-order valence-corrected chi connectivity index (χ0v) is 7.21. The second kappa shape index (κ2) is 4.07. The molecule has 1 atom stereocenters. The Balaban J connectivity index is 2.17. The molecule has 4 heteroatoms. The summed E-state index contributed by atoms with van der Waals surface area (Å²) in [5, 5.41) is 10.8. The van der Waals surface area contributed by atoms with Crippen molar-refractivity contribution in [1.29, 1.82) is 5.26 Å². The highest BCUT2D eigenvalue weighted by Crippen LogP contribution is 2.12. The lowest BCUT2D eigenvalue weighted by atomic mass is 10.1. The molecule has 0 aromatic rings. The van der Waals surface area contributed by atoms with E-state index in [1.807, 2.05) is 0 Å². The quantitative estimate of drug-likeness (QED) is 0.568. The Kier molecular flexibility index (Phi) is 3.06. The summed E-state index contributed by atoms with van der Waals surface area (Å²) in [4.78, 5) is 12.8. The van der Waals surface area contributed by atoms with Crippen LogP contribution in [0.1, 0.15) is 6.42 Å². The Morgan fingerprint density at radius 2 is 2.58 bits per heavy atom. The van der Waals surface area contributed by atoms with E-state index in [-0.39, 0.29) is 0 Å². The van der Waals surface area contributed by atoms with Gasteiger partial charge in [-0.1, -0.05) is 0 Å². The maximum Gasteiger partial charge on any atom is 0.322 e. The van der Waals surface area contributed by atoms with Crippen LogP contribution in [0.2, 0.25) is 0 Å². The fourth-order valence-corrected chi connectivity index (χ4v) is 1.47. The summed E-state index contributed by atoms with van der Waals surface area (Å²) in [6.45, 7) is 2.75. The van der Waals surface area contributed by atoms with Gasteiger partial charge in [-0.25, -0.2) is 0 Å². The Morgan fingerprint density at radius 3 is 3.08 bits per heavy atom. The zero-order valence-electron chi connectivity index (χ0n) is 7.21. The molecule has 1 aliphatic rings. The molecule has 12 heavy (non-hydrogen) atoms. The van der Waals surface area contributed by atoms with Crippen LogP contribution in [0.15, 0.2) is 0 Å². The van der Waals surface area contributed by atoms with E-state index in [2.05, 4.69) is 17.3 Å². The Morgan fingerprint density at radius 1 is 1.83 bits per heavy atom. The van der Waals surface area contributed by atoms with Crippen LogP contribution in [0.5, 0.6) is 0 Å². The van der Waals surface area contributed by atoms with Crippen molar-refractivity contribution in [2.45, 2.75) is 6.42 Å². The summed E-state index contributed by atoms with van der Waals surface area (Å²) in [7, 11) is 2.06. The third-order valence-electron chi connectivity index (χ3n) is 2.14. The van der Waals surface area contributed by atoms with Crippen molar-refractivity contribution >= 4 is 5.91 Å². The molecule has 1 aliphatic heterocycles. The topological polar surface area (TPSA) is 56.1 Å². The molecule has 1 rings (SSSR count). The summed E-state index contributed by atoms with van der Waals surface area (Å²) in [5.41, 5.74) is 0. The van der Waals surface area contributed by atoms with Crippen molar-refractivity contribution in [3.05, 3.63) is 0 Å². The van der Waals surface area contributed by atoms with Gasteiger partial charge in [-0.05, 0) is 25.9 Å². The van der Waals surface area contributed by atoms with E-state index < -0.39 is 5.91 Å².